The minimum atomic E-state index is 0.148. The molecule has 0 aliphatic carbocycles. The number of pyridine rings is 1. The molecule has 0 fully saturated rings. The maximum atomic E-state index is 12.5. The molecule has 2 aromatic rings. The van der Waals surface area contributed by atoms with Crippen molar-refractivity contribution >= 4 is 11.6 Å². The summed E-state index contributed by atoms with van der Waals surface area (Å²) in [6.07, 6.45) is 4.10. The SMILES string of the molecule is CC(C)CC(=O)N(Cc1cccnc1)c1ccccc1. The first-order valence-electron chi connectivity index (χ1n) is 6.91. The molecule has 0 aliphatic heterocycles. The molecule has 1 amide bonds. The molecule has 3 nitrogen and oxygen atoms in total. The van der Waals surface area contributed by atoms with E-state index < -0.39 is 0 Å². The van der Waals surface area contributed by atoms with Crippen LogP contribution >= 0.6 is 0 Å². The van der Waals surface area contributed by atoms with E-state index in [-0.39, 0.29) is 5.91 Å². The van der Waals surface area contributed by atoms with E-state index in [4.69, 9.17) is 0 Å². The van der Waals surface area contributed by atoms with Crippen molar-refractivity contribution < 1.29 is 4.79 Å². The van der Waals surface area contributed by atoms with E-state index in [2.05, 4.69) is 18.8 Å². The lowest BCUT2D eigenvalue weighted by atomic mass is 10.1. The van der Waals surface area contributed by atoms with Crippen molar-refractivity contribution in [1.29, 1.82) is 0 Å². The van der Waals surface area contributed by atoms with Crippen molar-refractivity contribution in [3.05, 3.63) is 60.4 Å². The first-order chi connectivity index (χ1) is 9.66. The molecule has 0 aliphatic rings. The maximum absolute atomic E-state index is 12.5. The molecule has 0 saturated heterocycles. The Morgan fingerprint density at radius 3 is 2.50 bits per heavy atom. The van der Waals surface area contributed by atoms with E-state index in [1.165, 1.54) is 0 Å². The van der Waals surface area contributed by atoms with E-state index in [0.29, 0.717) is 18.9 Å². The van der Waals surface area contributed by atoms with Gasteiger partial charge >= 0.3 is 0 Å². The van der Waals surface area contributed by atoms with Crippen molar-refractivity contribution in [2.24, 2.45) is 5.92 Å². The molecule has 1 aromatic carbocycles. The van der Waals surface area contributed by atoms with Gasteiger partial charge in [-0.15, -0.1) is 0 Å². The number of hydrogen-bond donors (Lipinski definition) is 0. The predicted molar refractivity (Wildman–Crippen MR) is 81.3 cm³/mol. The van der Waals surface area contributed by atoms with Crippen LogP contribution < -0.4 is 4.90 Å². The molecule has 2 rings (SSSR count). The Morgan fingerprint density at radius 1 is 1.15 bits per heavy atom. The van der Waals surface area contributed by atoms with Gasteiger partial charge in [-0.2, -0.15) is 0 Å². The van der Waals surface area contributed by atoms with E-state index >= 15 is 0 Å². The maximum Gasteiger partial charge on any atom is 0.227 e. The first kappa shape index (κ1) is 14.3. The summed E-state index contributed by atoms with van der Waals surface area (Å²) in [7, 11) is 0. The number of amides is 1. The number of anilines is 1. The number of para-hydroxylation sites is 1. The molecule has 0 spiro atoms. The monoisotopic (exact) mass is 268 g/mol. The summed E-state index contributed by atoms with van der Waals surface area (Å²) >= 11 is 0. The summed E-state index contributed by atoms with van der Waals surface area (Å²) in [5, 5.41) is 0. The minimum absolute atomic E-state index is 0.148. The summed E-state index contributed by atoms with van der Waals surface area (Å²) in [5.74, 6) is 0.498. The minimum Gasteiger partial charge on any atom is -0.308 e. The number of aromatic nitrogens is 1. The zero-order chi connectivity index (χ0) is 14.4. The highest BCUT2D eigenvalue weighted by Crippen LogP contribution is 2.19. The number of hydrogen-bond acceptors (Lipinski definition) is 2. The fourth-order valence-electron chi connectivity index (χ4n) is 2.07. The lowest BCUT2D eigenvalue weighted by Crippen LogP contribution is -2.31. The molecule has 0 saturated carbocycles. The highest BCUT2D eigenvalue weighted by Gasteiger charge is 2.17. The van der Waals surface area contributed by atoms with Gasteiger partial charge in [-0.3, -0.25) is 9.78 Å². The summed E-state index contributed by atoms with van der Waals surface area (Å²) in [4.78, 5) is 18.4. The van der Waals surface area contributed by atoms with Crippen molar-refractivity contribution in [3.63, 3.8) is 0 Å². The number of rotatable bonds is 5. The van der Waals surface area contributed by atoms with Crippen LogP contribution in [0.3, 0.4) is 0 Å². The van der Waals surface area contributed by atoms with E-state index in [9.17, 15) is 4.79 Å². The van der Waals surface area contributed by atoms with Crippen molar-refractivity contribution in [2.45, 2.75) is 26.8 Å². The van der Waals surface area contributed by atoms with Gasteiger partial charge in [-0.25, -0.2) is 0 Å². The van der Waals surface area contributed by atoms with Crippen molar-refractivity contribution in [3.8, 4) is 0 Å². The molecule has 104 valence electrons. The smallest absolute Gasteiger partial charge is 0.227 e. The Hall–Kier alpha value is -2.16. The van der Waals surface area contributed by atoms with Crippen LogP contribution in [0, 0.1) is 5.92 Å². The van der Waals surface area contributed by atoms with Crippen molar-refractivity contribution in [2.75, 3.05) is 4.90 Å². The Morgan fingerprint density at radius 2 is 1.90 bits per heavy atom. The summed E-state index contributed by atoms with van der Waals surface area (Å²) in [6, 6.07) is 13.7. The fraction of sp³-hybridized carbons (Fsp3) is 0.294. The second-order valence-electron chi connectivity index (χ2n) is 5.27. The molecule has 0 N–H and O–H groups in total. The average Bonchev–Trinajstić information content (AvgIpc) is 2.46. The van der Waals surface area contributed by atoms with Crippen LogP contribution in [0.2, 0.25) is 0 Å². The van der Waals surface area contributed by atoms with Crippen LogP contribution in [-0.4, -0.2) is 10.9 Å². The van der Waals surface area contributed by atoms with Gasteiger partial charge in [0.05, 0.1) is 6.54 Å². The fourth-order valence-corrected chi connectivity index (χ4v) is 2.07. The predicted octanol–water partition coefficient (Wildman–Crippen LogP) is 3.66. The first-order valence-corrected chi connectivity index (χ1v) is 6.91. The lowest BCUT2D eigenvalue weighted by molar-refractivity contribution is -0.119. The molecule has 0 bridgehead atoms. The van der Waals surface area contributed by atoms with E-state index in [0.717, 1.165) is 11.3 Å². The lowest BCUT2D eigenvalue weighted by Gasteiger charge is -2.23. The highest BCUT2D eigenvalue weighted by molar-refractivity contribution is 5.93. The van der Waals surface area contributed by atoms with Gasteiger partial charge in [-0.1, -0.05) is 38.1 Å². The highest BCUT2D eigenvalue weighted by atomic mass is 16.2. The van der Waals surface area contributed by atoms with E-state index in [1.54, 1.807) is 12.4 Å². The Balaban J connectivity index is 2.23. The van der Waals surface area contributed by atoms with Gasteiger partial charge in [0.1, 0.15) is 0 Å². The third kappa shape index (κ3) is 3.92. The van der Waals surface area contributed by atoms with Gasteiger partial charge < -0.3 is 4.90 Å². The van der Waals surface area contributed by atoms with Gasteiger partial charge in [0.2, 0.25) is 5.91 Å². The molecule has 0 unspecified atom stereocenters. The average molecular weight is 268 g/mol. The van der Waals surface area contributed by atoms with Crippen LogP contribution in [0.4, 0.5) is 5.69 Å². The summed E-state index contributed by atoms with van der Waals surface area (Å²) in [6.45, 7) is 4.68. The van der Waals surface area contributed by atoms with Crippen molar-refractivity contribution in [1.82, 2.24) is 4.98 Å². The molecular weight excluding hydrogens is 248 g/mol. The second kappa shape index (κ2) is 6.85. The number of benzene rings is 1. The number of carbonyl (C=O) groups excluding carboxylic acids is 1. The van der Waals surface area contributed by atoms with Crippen LogP contribution in [0.5, 0.6) is 0 Å². The molecule has 3 heteroatoms. The normalized spacial score (nSPS) is 10.6. The van der Waals surface area contributed by atoms with Crippen LogP contribution in [0.1, 0.15) is 25.8 Å². The van der Waals surface area contributed by atoms with Crippen LogP contribution in [0.15, 0.2) is 54.9 Å². The molecule has 0 radical (unpaired) electrons. The Bertz CT molecular complexity index is 537. The van der Waals surface area contributed by atoms with Gasteiger partial charge in [0.25, 0.3) is 0 Å². The Kier molecular flexibility index (Phi) is 4.88. The van der Waals surface area contributed by atoms with Crippen LogP contribution in [-0.2, 0) is 11.3 Å². The largest absolute Gasteiger partial charge is 0.308 e. The number of carbonyl (C=O) groups is 1. The zero-order valence-electron chi connectivity index (χ0n) is 12.0. The van der Waals surface area contributed by atoms with Gasteiger partial charge in [0, 0.05) is 24.5 Å². The molecule has 20 heavy (non-hydrogen) atoms. The molecule has 0 atom stereocenters. The third-order valence-electron chi connectivity index (χ3n) is 3.02. The van der Waals surface area contributed by atoms with Gasteiger partial charge in [0.15, 0.2) is 0 Å². The summed E-state index contributed by atoms with van der Waals surface area (Å²) in [5.41, 5.74) is 1.97. The second-order valence-corrected chi connectivity index (χ2v) is 5.27. The van der Waals surface area contributed by atoms with E-state index in [1.807, 2.05) is 47.4 Å². The molecule has 1 aromatic heterocycles. The zero-order valence-corrected chi connectivity index (χ0v) is 12.0. The Labute approximate surface area is 120 Å². The number of nitrogens with zero attached hydrogens (tertiary/aromatic N) is 2. The molecule has 1 heterocycles. The third-order valence-corrected chi connectivity index (χ3v) is 3.02. The standard InChI is InChI=1S/C17H20N2O/c1-14(2)11-17(20)19(16-8-4-3-5-9-16)13-15-7-6-10-18-12-15/h3-10,12,14H,11,13H2,1-2H3. The van der Waals surface area contributed by atoms with Gasteiger partial charge in [-0.05, 0) is 29.7 Å². The van der Waals surface area contributed by atoms with Crippen LogP contribution in [0.25, 0.3) is 0 Å². The quantitative estimate of drug-likeness (QED) is 0.829. The summed E-state index contributed by atoms with van der Waals surface area (Å²) < 4.78 is 0. The molecular formula is C17H20N2O. The topological polar surface area (TPSA) is 33.2 Å².